The lowest BCUT2D eigenvalue weighted by atomic mass is 10.2. The van der Waals surface area contributed by atoms with Crippen LogP contribution in [0.4, 0.5) is 5.95 Å². The molecule has 0 bridgehead atoms. The molecule has 1 atom stereocenters. The first-order chi connectivity index (χ1) is 8.58. The fraction of sp³-hybridized carbons (Fsp3) is 0.583. The van der Waals surface area contributed by atoms with Gasteiger partial charge in [-0.1, -0.05) is 6.92 Å². The van der Waals surface area contributed by atoms with Crippen molar-refractivity contribution in [3.8, 4) is 0 Å². The van der Waals surface area contributed by atoms with E-state index in [1.165, 1.54) is 6.20 Å². The summed E-state index contributed by atoms with van der Waals surface area (Å²) < 4.78 is 4.88. The van der Waals surface area contributed by atoms with Crippen LogP contribution < -0.4 is 5.32 Å². The number of anilines is 1. The lowest BCUT2D eigenvalue weighted by Crippen LogP contribution is -2.20. The number of hydrogen-bond acceptors (Lipinski definition) is 6. The second-order valence-corrected chi connectivity index (χ2v) is 3.86. The molecular formula is C12H19N3O3. The van der Waals surface area contributed by atoms with Crippen LogP contribution in [0.5, 0.6) is 0 Å². The Hall–Kier alpha value is -1.69. The lowest BCUT2D eigenvalue weighted by Gasteiger charge is -2.10. The van der Waals surface area contributed by atoms with E-state index in [-0.39, 0.29) is 0 Å². The predicted molar refractivity (Wildman–Crippen MR) is 67.5 cm³/mol. The van der Waals surface area contributed by atoms with Crippen molar-refractivity contribution in [1.29, 1.82) is 0 Å². The third-order valence-electron chi connectivity index (χ3n) is 2.44. The van der Waals surface area contributed by atoms with Crippen molar-refractivity contribution in [2.24, 2.45) is 0 Å². The van der Waals surface area contributed by atoms with Crippen LogP contribution in [-0.2, 0) is 4.74 Å². The molecule has 1 unspecified atom stereocenters. The quantitative estimate of drug-likeness (QED) is 0.740. The van der Waals surface area contributed by atoms with Gasteiger partial charge in [-0.15, -0.1) is 0 Å². The second-order valence-electron chi connectivity index (χ2n) is 3.86. The van der Waals surface area contributed by atoms with E-state index in [9.17, 15) is 9.90 Å². The van der Waals surface area contributed by atoms with E-state index < -0.39 is 12.1 Å². The number of hydrogen-bond donors (Lipinski definition) is 2. The van der Waals surface area contributed by atoms with Gasteiger partial charge in [0.15, 0.2) is 0 Å². The minimum atomic E-state index is -0.432. The number of aromatic nitrogens is 2. The molecule has 0 aliphatic carbocycles. The van der Waals surface area contributed by atoms with Crippen molar-refractivity contribution < 1.29 is 14.6 Å². The average Bonchev–Trinajstić information content (AvgIpc) is 2.36. The topological polar surface area (TPSA) is 84.3 Å². The van der Waals surface area contributed by atoms with E-state index in [0.29, 0.717) is 36.8 Å². The Bertz CT molecular complexity index is 410. The molecule has 1 aromatic heterocycles. The fourth-order valence-corrected chi connectivity index (χ4v) is 1.31. The molecule has 0 aliphatic rings. The largest absolute Gasteiger partial charge is 0.462 e. The van der Waals surface area contributed by atoms with Crippen molar-refractivity contribution in [2.75, 3.05) is 18.5 Å². The Morgan fingerprint density at radius 2 is 2.28 bits per heavy atom. The van der Waals surface area contributed by atoms with Crippen LogP contribution >= 0.6 is 0 Å². The molecule has 1 heterocycles. The lowest BCUT2D eigenvalue weighted by molar-refractivity contribution is 0.0524. The molecule has 0 saturated carbocycles. The SMILES string of the molecule is CCOC(=O)c1cnc(NCC(O)CC)nc1C. The van der Waals surface area contributed by atoms with E-state index in [4.69, 9.17) is 4.74 Å². The molecule has 0 spiro atoms. The van der Waals surface area contributed by atoms with Gasteiger partial charge < -0.3 is 15.2 Å². The standard InChI is InChI=1S/C12H19N3O3/c1-4-9(16)6-13-12-14-7-10(8(3)15-12)11(17)18-5-2/h7,9,16H,4-6H2,1-3H3,(H,13,14,15). The van der Waals surface area contributed by atoms with Gasteiger partial charge in [0, 0.05) is 12.7 Å². The minimum absolute atomic E-state index is 0.320. The summed E-state index contributed by atoms with van der Waals surface area (Å²) in [6, 6.07) is 0. The van der Waals surface area contributed by atoms with Gasteiger partial charge in [0.2, 0.25) is 5.95 Å². The Morgan fingerprint density at radius 1 is 1.56 bits per heavy atom. The molecule has 1 rings (SSSR count). The fourth-order valence-electron chi connectivity index (χ4n) is 1.31. The molecule has 0 fully saturated rings. The predicted octanol–water partition coefficient (Wildman–Crippen LogP) is 1.14. The number of carbonyl (C=O) groups is 1. The second kappa shape index (κ2) is 6.90. The highest BCUT2D eigenvalue weighted by atomic mass is 16.5. The molecule has 6 heteroatoms. The summed E-state index contributed by atoms with van der Waals surface area (Å²) in [5, 5.41) is 12.3. The van der Waals surface area contributed by atoms with Gasteiger partial charge in [0.25, 0.3) is 0 Å². The van der Waals surface area contributed by atoms with Crippen LogP contribution in [0.2, 0.25) is 0 Å². The van der Waals surface area contributed by atoms with Crippen LogP contribution in [0, 0.1) is 6.92 Å². The van der Waals surface area contributed by atoms with Gasteiger partial charge in [0.05, 0.1) is 24.0 Å². The normalized spacial score (nSPS) is 12.0. The number of esters is 1. The van der Waals surface area contributed by atoms with Crippen LogP contribution in [0.15, 0.2) is 6.20 Å². The zero-order valence-corrected chi connectivity index (χ0v) is 10.9. The summed E-state index contributed by atoms with van der Waals surface area (Å²) >= 11 is 0. The van der Waals surface area contributed by atoms with E-state index in [0.717, 1.165) is 0 Å². The maximum atomic E-state index is 11.5. The number of carbonyl (C=O) groups excluding carboxylic acids is 1. The summed E-state index contributed by atoms with van der Waals surface area (Å²) in [7, 11) is 0. The average molecular weight is 253 g/mol. The van der Waals surface area contributed by atoms with Crippen molar-refractivity contribution in [1.82, 2.24) is 9.97 Å². The summed E-state index contributed by atoms with van der Waals surface area (Å²) in [6.07, 6.45) is 1.66. The maximum absolute atomic E-state index is 11.5. The number of aliphatic hydroxyl groups excluding tert-OH is 1. The van der Waals surface area contributed by atoms with E-state index in [1.54, 1.807) is 13.8 Å². The number of aliphatic hydroxyl groups is 1. The van der Waals surface area contributed by atoms with Crippen molar-refractivity contribution >= 4 is 11.9 Å². The summed E-state index contributed by atoms with van der Waals surface area (Å²) in [4.78, 5) is 19.7. The number of rotatable bonds is 6. The van der Waals surface area contributed by atoms with Crippen molar-refractivity contribution in [3.63, 3.8) is 0 Å². The van der Waals surface area contributed by atoms with Gasteiger partial charge in [0.1, 0.15) is 0 Å². The third-order valence-corrected chi connectivity index (χ3v) is 2.44. The number of aryl methyl sites for hydroxylation is 1. The molecule has 0 radical (unpaired) electrons. The van der Waals surface area contributed by atoms with Gasteiger partial charge >= 0.3 is 5.97 Å². The Labute approximate surface area is 106 Å². The number of ether oxygens (including phenoxy) is 1. The Kier molecular flexibility index (Phi) is 5.51. The molecule has 1 aromatic rings. The van der Waals surface area contributed by atoms with E-state index >= 15 is 0 Å². The Balaban J connectivity index is 2.70. The van der Waals surface area contributed by atoms with Gasteiger partial charge in [-0.3, -0.25) is 0 Å². The molecular weight excluding hydrogens is 234 g/mol. The zero-order chi connectivity index (χ0) is 13.5. The molecule has 6 nitrogen and oxygen atoms in total. The number of nitrogens with zero attached hydrogens (tertiary/aromatic N) is 2. The summed E-state index contributed by atoms with van der Waals surface area (Å²) in [6.45, 7) is 6.06. The van der Waals surface area contributed by atoms with Crippen molar-refractivity contribution in [3.05, 3.63) is 17.5 Å². The minimum Gasteiger partial charge on any atom is -0.462 e. The van der Waals surface area contributed by atoms with Gasteiger partial charge in [-0.2, -0.15) is 0 Å². The highest BCUT2D eigenvalue weighted by molar-refractivity contribution is 5.90. The zero-order valence-electron chi connectivity index (χ0n) is 10.9. The highest BCUT2D eigenvalue weighted by Crippen LogP contribution is 2.08. The number of nitrogens with one attached hydrogen (secondary N) is 1. The first-order valence-corrected chi connectivity index (χ1v) is 6.01. The molecule has 0 aliphatic heterocycles. The molecule has 18 heavy (non-hydrogen) atoms. The highest BCUT2D eigenvalue weighted by Gasteiger charge is 2.12. The summed E-state index contributed by atoms with van der Waals surface area (Å²) in [5.74, 6) is -0.0248. The molecule has 100 valence electrons. The van der Waals surface area contributed by atoms with Crippen molar-refractivity contribution in [2.45, 2.75) is 33.3 Å². The van der Waals surface area contributed by atoms with Crippen LogP contribution in [0.1, 0.15) is 36.3 Å². The van der Waals surface area contributed by atoms with Crippen LogP contribution in [0.3, 0.4) is 0 Å². The summed E-state index contributed by atoms with van der Waals surface area (Å²) in [5.41, 5.74) is 0.912. The van der Waals surface area contributed by atoms with E-state index in [2.05, 4.69) is 15.3 Å². The third kappa shape index (κ3) is 3.96. The monoisotopic (exact) mass is 253 g/mol. The first kappa shape index (κ1) is 14.4. The van der Waals surface area contributed by atoms with Crippen LogP contribution in [-0.4, -0.2) is 40.3 Å². The molecule has 0 saturated heterocycles. The van der Waals surface area contributed by atoms with Gasteiger partial charge in [-0.25, -0.2) is 14.8 Å². The first-order valence-electron chi connectivity index (χ1n) is 6.01. The molecule has 0 aromatic carbocycles. The van der Waals surface area contributed by atoms with E-state index in [1.807, 2.05) is 6.92 Å². The smallest absolute Gasteiger partial charge is 0.341 e. The van der Waals surface area contributed by atoms with Crippen LogP contribution in [0.25, 0.3) is 0 Å². The van der Waals surface area contributed by atoms with Gasteiger partial charge in [-0.05, 0) is 20.3 Å². The Morgan fingerprint density at radius 3 is 2.83 bits per heavy atom. The molecule has 2 N–H and O–H groups in total. The molecule has 0 amide bonds. The maximum Gasteiger partial charge on any atom is 0.341 e.